The van der Waals surface area contributed by atoms with Crippen molar-refractivity contribution in [3.8, 4) is 0 Å². The van der Waals surface area contributed by atoms with Crippen molar-refractivity contribution in [2.45, 2.75) is 46.0 Å². The first-order valence-electron chi connectivity index (χ1n) is 5.61. The van der Waals surface area contributed by atoms with Crippen molar-refractivity contribution < 1.29 is 0 Å². The second kappa shape index (κ2) is 10.3. The summed E-state index contributed by atoms with van der Waals surface area (Å²) in [7, 11) is 0. The number of unbranched alkanes of at least 4 members (excludes halogenated alkanes) is 1. The van der Waals surface area contributed by atoms with Crippen LogP contribution in [-0.2, 0) is 0 Å². The predicted octanol–water partition coefficient (Wildman–Crippen LogP) is 3.42. The third-order valence-corrected chi connectivity index (χ3v) is 2.73. The molecule has 0 aromatic heterocycles. The van der Waals surface area contributed by atoms with Gasteiger partial charge in [0, 0.05) is 5.88 Å². The van der Waals surface area contributed by atoms with Crippen LogP contribution in [0.25, 0.3) is 0 Å². The van der Waals surface area contributed by atoms with E-state index in [0.717, 1.165) is 24.8 Å². The third-order valence-electron chi connectivity index (χ3n) is 2.46. The van der Waals surface area contributed by atoms with Crippen molar-refractivity contribution in [3.63, 3.8) is 0 Å². The summed E-state index contributed by atoms with van der Waals surface area (Å²) >= 11 is 5.59. The van der Waals surface area contributed by atoms with Gasteiger partial charge in [-0.1, -0.05) is 33.1 Å². The molecule has 1 N–H and O–H groups in total. The lowest BCUT2D eigenvalue weighted by Gasteiger charge is -2.14. The van der Waals surface area contributed by atoms with Crippen LogP contribution in [0.1, 0.15) is 46.0 Å². The van der Waals surface area contributed by atoms with Crippen molar-refractivity contribution in [3.05, 3.63) is 0 Å². The van der Waals surface area contributed by atoms with Gasteiger partial charge in [-0.25, -0.2) is 0 Å². The second-order valence-electron chi connectivity index (χ2n) is 3.66. The minimum absolute atomic E-state index is 0.777. The molecule has 13 heavy (non-hydrogen) atoms. The summed E-state index contributed by atoms with van der Waals surface area (Å²) in [6, 6.07) is 0. The second-order valence-corrected chi connectivity index (χ2v) is 4.04. The number of halogens is 1. The van der Waals surface area contributed by atoms with Crippen molar-refractivity contribution in [2.24, 2.45) is 5.92 Å². The Morgan fingerprint density at radius 3 is 2.54 bits per heavy atom. The van der Waals surface area contributed by atoms with E-state index in [1.165, 1.54) is 32.2 Å². The highest BCUT2D eigenvalue weighted by atomic mass is 35.5. The molecule has 0 rings (SSSR count). The minimum Gasteiger partial charge on any atom is -0.316 e. The van der Waals surface area contributed by atoms with E-state index in [2.05, 4.69) is 19.2 Å². The average Bonchev–Trinajstić information content (AvgIpc) is 2.17. The fourth-order valence-corrected chi connectivity index (χ4v) is 1.57. The molecule has 0 spiro atoms. The van der Waals surface area contributed by atoms with Crippen LogP contribution in [0, 0.1) is 5.92 Å². The zero-order chi connectivity index (χ0) is 9.94. The van der Waals surface area contributed by atoms with Crippen molar-refractivity contribution >= 4 is 11.6 Å². The zero-order valence-electron chi connectivity index (χ0n) is 9.11. The summed E-state index contributed by atoms with van der Waals surface area (Å²) in [5.74, 6) is 1.65. The van der Waals surface area contributed by atoms with E-state index >= 15 is 0 Å². The summed E-state index contributed by atoms with van der Waals surface area (Å²) in [4.78, 5) is 0. The summed E-state index contributed by atoms with van der Waals surface area (Å²) in [5, 5.41) is 3.46. The third kappa shape index (κ3) is 8.58. The number of alkyl halides is 1. The highest BCUT2D eigenvalue weighted by molar-refractivity contribution is 6.17. The number of hydrogen-bond donors (Lipinski definition) is 1. The van der Waals surface area contributed by atoms with Gasteiger partial charge in [-0.2, -0.15) is 0 Å². The quantitative estimate of drug-likeness (QED) is 0.449. The topological polar surface area (TPSA) is 12.0 Å². The monoisotopic (exact) mass is 205 g/mol. The Kier molecular flexibility index (Phi) is 10.5. The van der Waals surface area contributed by atoms with Crippen LogP contribution < -0.4 is 5.32 Å². The molecule has 0 aliphatic rings. The van der Waals surface area contributed by atoms with Gasteiger partial charge in [0.25, 0.3) is 0 Å². The summed E-state index contributed by atoms with van der Waals surface area (Å²) < 4.78 is 0. The molecule has 0 aliphatic heterocycles. The van der Waals surface area contributed by atoms with Crippen LogP contribution in [0.2, 0.25) is 0 Å². The van der Waals surface area contributed by atoms with Crippen molar-refractivity contribution in [1.29, 1.82) is 0 Å². The summed E-state index contributed by atoms with van der Waals surface area (Å²) in [6.07, 6.45) is 6.45. The molecule has 0 saturated heterocycles. The zero-order valence-corrected chi connectivity index (χ0v) is 9.87. The van der Waals surface area contributed by atoms with Gasteiger partial charge in [-0.05, 0) is 31.8 Å². The lowest BCUT2D eigenvalue weighted by Crippen LogP contribution is -2.23. The van der Waals surface area contributed by atoms with Gasteiger partial charge in [0.2, 0.25) is 0 Å². The highest BCUT2D eigenvalue weighted by Gasteiger charge is 2.03. The van der Waals surface area contributed by atoms with Gasteiger partial charge in [0.15, 0.2) is 0 Å². The number of nitrogens with one attached hydrogen (secondary N) is 1. The van der Waals surface area contributed by atoms with Crippen LogP contribution in [0.15, 0.2) is 0 Å². The van der Waals surface area contributed by atoms with Crippen molar-refractivity contribution in [2.75, 3.05) is 19.0 Å². The minimum atomic E-state index is 0.777. The van der Waals surface area contributed by atoms with E-state index in [9.17, 15) is 0 Å². The molecule has 1 atom stereocenters. The highest BCUT2D eigenvalue weighted by Crippen LogP contribution is 2.10. The first-order chi connectivity index (χ1) is 6.35. The Labute approximate surface area is 88.2 Å². The van der Waals surface area contributed by atoms with E-state index in [0.29, 0.717) is 0 Å². The molecule has 0 saturated carbocycles. The standard InChI is InChI=1S/C11H24ClN/c1-3-5-7-11(4-2)10-13-9-6-8-12/h11,13H,3-10H2,1-2H3. The molecule has 0 fully saturated rings. The van der Waals surface area contributed by atoms with E-state index < -0.39 is 0 Å². The van der Waals surface area contributed by atoms with Gasteiger partial charge < -0.3 is 5.32 Å². The molecule has 0 aliphatic carbocycles. The van der Waals surface area contributed by atoms with Gasteiger partial charge >= 0.3 is 0 Å². The molecule has 0 heterocycles. The Bertz CT molecular complexity index is 96.1. The maximum Gasteiger partial charge on any atom is 0.0235 e. The molecule has 0 amide bonds. The fraction of sp³-hybridized carbons (Fsp3) is 1.00. The molecule has 2 heteroatoms. The maximum atomic E-state index is 5.59. The number of rotatable bonds is 9. The van der Waals surface area contributed by atoms with Crippen molar-refractivity contribution in [1.82, 2.24) is 5.32 Å². The molecule has 0 bridgehead atoms. The van der Waals surface area contributed by atoms with Gasteiger partial charge in [-0.15, -0.1) is 11.6 Å². The molecular formula is C11H24ClN. The van der Waals surface area contributed by atoms with Crippen LogP contribution in [-0.4, -0.2) is 19.0 Å². The first-order valence-corrected chi connectivity index (χ1v) is 6.15. The molecule has 0 aromatic rings. The smallest absolute Gasteiger partial charge is 0.0235 e. The van der Waals surface area contributed by atoms with Crippen LogP contribution in [0.5, 0.6) is 0 Å². The van der Waals surface area contributed by atoms with Crippen LogP contribution >= 0.6 is 11.6 Å². The summed E-state index contributed by atoms with van der Waals surface area (Å²) in [5.41, 5.74) is 0. The van der Waals surface area contributed by atoms with Crippen LogP contribution in [0.3, 0.4) is 0 Å². The fourth-order valence-electron chi connectivity index (χ4n) is 1.44. The molecule has 0 radical (unpaired) electrons. The Balaban J connectivity index is 3.25. The Hall–Kier alpha value is 0.250. The van der Waals surface area contributed by atoms with E-state index in [1.54, 1.807) is 0 Å². The lowest BCUT2D eigenvalue weighted by atomic mass is 9.99. The largest absolute Gasteiger partial charge is 0.316 e. The van der Waals surface area contributed by atoms with Gasteiger partial charge in [0.05, 0.1) is 0 Å². The van der Waals surface area contributed by atoms with E-state index in [1.807, 2.05) is 0 Å². The maximum absolute atomic E-state index is 5.59. The molecular weight excluding hydrogens is 182 g/mol. The summed E-state index contributed by atoms with van der Waals surface area (Å²) in [6.45, 7) is 6.79. The molecule has 0 aromatic carbocycles. The SMILES string of the molecule is CCCCC(CC)CNCCCCl. The average molecular weight is 206 g/mol. The number of hydrogen-bond acceptors (Lipinski definition) is 1. The molecule has 1 nitrogen and oxygen atoms in total. The molecule has 1 unspecified atom stereocenters. The van der Waals surface area contributed by atoms with Crippen LogP contribution in [0.4, 0.5) is 0 Å². The Morgan fingerprint density at radius 1 is 1.23 bits per heavy atom. The van der Waals surface area contributed by atoms with Gasteiger partial charge in [0.1, 0.15) is 0 Å². The van der Waals surface area contributed by atoms with Gasteiger partial charge in [-0.3, -0.25) is 0 Å². The Morgan fingerprint density at radius 2 is 2.00 bits per heavy atom. The molecule has 80 valence electrons. The van der Waals surface area contributed by atoms with E-state index in [4.69, 9.17) is 11.6 Å². The van der Waals surface area contributed by atoms with E-state index in [-0.39, 0.29) is 0 Å². The predicted molar refractivity (Wildman–Crippen MR) is 61.5 cm³/mol. The first kappa shape index (κ1) is 13.2. The lowest BCUT2D eigenvalue weighted by molar-refractivity contribution is 0.420. The normalized spacial score (nSPS) is 13.2.